The van der Waals surface area contributed by atoms with E-state index in [-0.39, 0.29) is 18.3 Å². The van der Waals surface area contributed by atoms with Crippen LogP contribution in [0.4, 0.5) is 4.39 Å². The van der Waals surface area contributed by atoms with E-state index in [4.69, 9.17) is 9.26 Å². The number of aromatic nitrogens is 1. The Morgan fingerprint density at radius 2 is 2.19 bits per heavy atom. The maximum Gasteiger partial charge on any atom is 0.248 e. The molecule has 6 heteroatoms. The Morgan fingerprint density at radius 3 is 2.90 bits per heavy atom. The second kappa shape index (κ2) is 5.65. The molecule has 5 nitrogen and oxygen atoms in total. The first kappa shape index (κ1) is 13.8. The first-order valence-corrected chi connectivity index (χ1v) is 6.69. The highest BCUT2D eigenvalue weighted by Crippen LogP contribution is 2.30. The van der Waals surface area contributed by atoms with Gasteiger partial charge >= 0.3 is 0 Å². The quantitative estimate of drug-likeness (QED) is 0.867. The number of carbonyl (C=O) groups excluding carboxylic acids is 1. The molecule has 21 heavy (non-hydrogen) atoms. The zero-order valence-electron chi connectivity index (χ0n) is 11.6. The first-order chi connectivity index (χ1) is 10.2. The van der Waals surface area contributed by atoms with E-state index in [1.807, 2.05) is 0 Å². The molecule has 2 aromatic rings. The number of amides is 1. The minimum absolute atomic E-state index is 0.0607. The zero-order valence-corrected chi connectivity index (χ0v) is 11.6. The van der Waals surface area contributed by atoms with E-state index in [0.717, 1.165) is 16.8 Å². The fraction of sp³-hybridized carbons (Fsp3) is 0.333. The molecule has 110 valence electrons. The average molecular weight is 290 g/mol. The molecule has 0 fully saturated rings. The third-order valence-electron chi connectivity index (χ3n) is 3.56. The Bertz CT molecular complexity index is 651. The lowest BCUT2D eigenvalue weighted by Crippen LogP contribution is -2.37. The number of benzene rings is 1. The Morgan fingerprint density at radius 1 is 1.43 bits per heavy atom. The van der Waals surface area contributed by atoms with E-state index in [1.165, 1.54) is 19.2 Å². The summed E-state index contributed by atoms with van der Waals surface area (Å²) in [6.07, 6.45) is 0.648. The fourth-order valence-electron chi connectivity index (χ4n) is 2.47. The third-order valence-corrected chi connectivity index (χ3v) is 3.56. The van der Waals surface area contributed by atoms with Crippen LogP contribution in [0, 0.1) is 5.82 Å². The number of ether oxygens (including phenoxy) is 1. The minimum Gasteiger partial charge on any atom is -0.375 e. The van der Waals surface area contributed by atoms with Gasteiger partial charge in [-0.3, -0.25) is 4.79 Å². The van der Waals surface area contributed by atoms with Crippen molar-refractivity contribution in [3.05, 3.63) is 41.3 Å². The number of methoxy groups -OCH3 is 1. The molecule has 0 saturated heterocycles. The van der Waals surface area contributed by atoms with Crippen LogP contribution in [0.1, 0.15) is 11.3 Å². The van der Waals surface area contributed by atoms with Crippen LogP contribution >= 0.6 is 0 Å². The second-order valence-electron chi connectivity index (χ2n) is 4.94. The number of carbonyl (C=O) groups is 1. The van der Waals surface area contributed by atoms with Gasteiger partial charge in [0, 0.05) is 31.2 Å². The first-order valence-electron chi connectivity index (χ1n) is 6.69. The summed E-state index contributed by atoms with van der Waals surface area (Å²) in [5, 5.41) is 4.06. The van der Waals surface area contributed by atoms with Gasteiger partial charge in [0.1, 0.15) is 12.4 Å². The molecule has 0 atom stereocenters. The van der Waals surface area contributed by atoms with Gasteiger partial charge in [-0.2, -0.15) is 0 Å². The second-order valence-corrected chi connectivity index (χ2v) is 4.94. The highest BCUT2D eigenvalue weighted by molar-refractivity contribution is 5.78. The van der Waals surface area contributed by atoms with Crippen LogP contribution in [0.5, 0.6) is 0 Å². The number of halogens is 1. The van der Waals surface area contributed by atoms with Gasteiger partial charge in [0.25, 0.3) is 0 Å². The molecule has 3 rings (SSSR count). The van der Waals surface area contributed by atoms with Gasteiger partial charge in [-0.15, -0.1) is 0 Å². The average Bonchev–Trinajstić information content (AvgIpc) is 2.91. The standard InChI is InChI=1S/C15H15FN2O3/c1-20-9-14(19)18-7-6-13-12(8-18)15(21-17-13)10-2-4-11(16)5-3-10/h2-5H,6-9H2,1H3. The molecule has 1 aliphatic heterocycles. The van der Waals surface area contributed by atoms with Crippen molar-refractivity contribution < 1.29 is 18.4 Å². The predicted octanol–water partition coefficient (Wildman–Crippen LogP) is 2.01. The monoisotopic (exact) mass is 290 g/mol. The van der Waals surface area contributed by atoms with E-state index in [1.54, 1.807) is 17.0 Å². The van der Waals surface area contributed by atoms with Crippen LogP contribution in [0.3, 0.4) is 0 Å². The van der Waals surface area contributed by atoms with E-state index in [2.05, 4.69) is 5.16 Å². The molecule has 1 amide bonds. The van der Waals surface area contributed by atoms with Crippen LogP contribution in [0.25, 0.3) is 11.3 Å². The maximum atomic E-state index is 13.0. The molecule has 2 heterocycles. The molecule has 0 bridgehead atoms. The van der Waals surface area contributed by atoms with E-state index in [9.17, 15) is 9.18 Å². The van der Waals surface area contributed by atoms with Gasteiger partial charge < -0.3 is 14.2 Å². The van der Waals surface area contributed by atoms with E-state index < -0.39 is 0 Å². The van der Waals surface area contributed by atoms with E-state index >= 15 is 0 Å². The number of hydrogen-bond acceptors (Lipinski definition) is 4. The minimum atomic E-state index is -0.302. The fourth-order valence-corrected chi connectivity index (χ4v) is 2.47. The lowest BCUT2D eigenvalue weighted by Gasteiger charge is -2.26. The van der Waals surface area contributed by atoms with Crippen LogP contribution < -0.4 is 0 Å². The lowest BCUT2D eigenvalue weighted by molar-refractivity contribution is -0.136. The number of hydrogen-bond donors (Lipinski definition) is 0. The Labute approximate surface area is 121 Å². The smallest absolute Gasteiger partial charge is 0.248 e. The normalized spacial score (nSPS) is 14.1. The van der Waals surface area contributed by atoms with Gasteiger partial charge in [0.15, 0.2) is 5.76 Å². The molecule has 1 aromatic carbocycles. The summed E-state index contributed by atoms with van der Waals surface area (Å²) in [5.41, 5.74) is 2.50. The number of nitrogens with zero attached hydrogens (tertiary/aromatic N) is 2. The lowest BCUT2D eigenvalue weighted by atomic mass is 10.0. The van der Waals surface area contributed by atoms with Crippen LogP contribution in [-0.2, 0) is 22.5 Å². The van der Waals surface area contributed by atoms with Gasteiger partial charge in [0.05, 0.1) is 12.2 Å². The molecular formula is C15H15FN2O3. The molecule has 0 saturated carbocycles. The largest absolute Gasteiger partial charge is 0.375 e. The highest BCUT2D eigenvalue weighted by Gasteiger charge is 2.27. The number of fused-ring (bicyclic) bond motifs is 1. The van der Waals surface area contributed by atoms with Gasteiger partial charge in [-0.1, -0.05) is 5.16 Å². The summed E-state index contributed by atoms with van der Waals surface area (Å²) < 4.78 is 23.3. The van der Waals surface area contributed by atoms with Gasteiger partial charge in [-0.25, -0.2) is 4.39 Å². The molecule has 1 aliphatic rings. The summed E-state index contributed by atoms with van der Waals surface area (Å²) in [6.45, 7) is 1.10. The third kappa shape index (κ3) is 2.67. The SMILES string of the molecule is COCC(=O)N1CCc2noc(-c3ccc(F)cc3)c2C1. The van der Waals surface area contributed by atoms with Crippen molar-refractivity contribution in [3.8, 4) is 11.3 Å². The van der Waals surface area contributed by atoms with Crippen molar-refractivity contribution in [2.75, 3.05) is 20.3 Å². The maximum absolute atomic E-state index is 13.0. The topological polar surface area (TPSA) is 55.6 Å². The van der Waals surface area contributed by atoms with Crippen molar-refractivity contribution in [3.63, 3.8) is 0 Å². The van der Waals surface area contributed by atoms with Crippen molar-refractivity contribution in [1.29, 1.82) is 0 Å². The van der Waals surface area contributed by atoms with Gasteiger partial charge in [0.2, 0.25) is 5.91 Å². The van der Waals surface area contributed by atoms with Crippen molar-refractivity contribution in [2.45, 2.75) is 13.0 Å². The van der Waals surface area contributed by atoms with Gasteiger partial charge in [-0.05, 0) is 24.3 Å². The van der Waals surface area contributed by atoms with Crippen molar-refractivity contribution >= 4 is 5.91 Å². The summed E-state index contributed by atoms with van der Waals surface area (Å²) in [6, 6.07) is 6.04. The van der Waals surface area contributed by atoms with Crippen LogP contribution in [-0.4, -0.2) is 36.2 Å². The molecule has 1 aromatic heterocycles. The molecule has 0 spiro atoms. The highest BCUT2D eigenvalue weighted by atomic mass is 19.1. The summed E-state index contributed by atoms with van der Waals surface area (Å²) in [4.78, 5) is 13.6. The summed E-state index contributed by atoms with van der Waals surface area (Å²) >= 11 is 0. The molecule has 0 radical (unpaired) electrons. The van der Waals surface area contributed by atoms with Crippen molar-refractivity contribution in [1.82, 2.24) is 10.1 Å². The molecule has 0 N–H and O–H groups in total. The Balaban J connectivity index is 1.89. The van der Waals surface area contributed by atoms with Crippen LogP contribution in [0.2, 0.25) is 0 Å². The van der Waals surface area contributed by atoms with E-state index in [0.29, 0.717) is 25.3 Å². The Hall–Kier alpha value is -2.21. The zero-order chi connectivity index (χ0) is 14.8. The molecule has 0 unspecified atom stereocenters. The summed E-state index contributed by atoms with van der Waals surface area (Å²) in [5.74, 6) is 0.235. The number of rotatable bonds is 3. The predicted molar refractivity (Wildman–Crippen MR) is 72.9 cm³/mol. The Kier molecular flexibility index (Phi) is 3.70. The molecule has 0 aliphatic carbocycles. The van der Waals surface area contributed by atoms with Crippen LogP contribution in [0.15, 0.2) is 28.8 Å². The summed E-state index contributed by atoms with van der Waals surface area (Å²) in [7, 11) is 1.50. The van der Waals surface area contributed by atoms with Crippen molar-refractivity contribution in [2.24, 2.45) is 0 Å². The molecular weight excluding hydrogens is 275 g/mol.